The lowest BCUT2D eigenvalue weighted by Gasteiger charge is -2.34. The molecule has 0 atom stereocenters. The summed E-state index contributed by atoms with van der Waals surface area (Å²) in [6.07, 6.45) is 2.08. The van der Waals surface area contributed by atoms with E-state index in [0.29, 0.717) is 18.8 Å². The number of hydrogen-bond acceptors (Lipinski definition) is 6. The first kappa shape index (κ1) is 17.6. The number of hydrogen-bond donors (Lipinski definition) is 0. The molecule has 5 rings (SSSR count). The van der Waals surface area contributed by atoms with Crippen LogP contribution in [0.3, 0.4) is 0 Å². The molecule has 1 aliphatic heterocycles. The smallest absolute Gasteiger partial charge is 0.289 e. The lowest BCUT2D eigenvalue weighted by atomic mass is 10.2. The van der Waals surface area contributed by atoms with Gasteiger partial charge in [-0.1, -0.05) is 29.5 Å². The normalized spacial score (nSPS) is 14.9. The number of furan rings is 1. The fourth-order valence-corrected chi connectivity index (χ4v) is 5.07. The number of carbonyl (C=O) groups is 1. The highest BCUT2D eigenvalue weighted by Crippen LogP contribution is 2.32. The summed E-state index contributed by atoms with van der Waals surface area (Å²) in [4.78, 5) is 23.0. The molecule has 1 amide bonds. The molecule has 0 aliphatic carbocycles. The van der Waals surface area contributed by atoms with Gasteiger partial charge in [0.1, 0.15) is 5.58 Å². The van der Waals surface area contributed by atoms with Gasteiger partial charge in [0.25, 0.3) is 5.91 Å². The molecule has 4 aromatic rings. The fourth-order valence-electron chi connectivity index (χ4n) is 3.50. The van der Waals surface area contributed by atoms with Gasteiger partial charge in [0.05, 0.1) is 10.2 Å². The summed E-state index contributed by atoms with van der Waals surface area (Å²) in [6.45, 7) is 2.89. The Morgan fingerprint density at radius 1 is 1.11 bits per heavy atom. The highest BCUT2D eigenvalue weighted by atomic mass is 32.2. The summed E-state index contributed by atoms with van der Waals surface area (Å²) >= 11 is 3.47. The van der Waals surface area contributed by atoms with E-state index < -0.39 is 0 Å². The zero-order valence-corrected chi connectivity index (χ0v) is 17.1. The van der Waals surface area contributed by atoms with Gasteiger partial charge >= 0.3 is 0 Å². The van der Waals surface area contributed by atoms with Crippen molar-refractivity contribution in [2.75, 3.05) is 37.3 Å². The summed E-state index contributed by atoms with van der Waals surface area (Å²) in [5.74, 6) is 0.379. The van der Waals surface area contributed by atoms with Crippen LogP contribution in [0.1, 0.15) is 10.6 Å². The van der Waals surface area contributed by atoms with Crippen molar-refractivity contribution in [3.05, 3.63) is 54.3 Å². The third-order valence-corrected chi connectivity index (χ3v) is 6.86. The lowest BCUT2D eigenvalue weighted by molar-refractivity contribution is 0.0717. The molecule has 0 spiro atoms. The van der Waals surface area contributed by atoms with Crippen molar-refractivity contribution in [1.82, 2.24) is 9.88 Å². The molecule has 0 bridgehead atoms. The van der Waals surface area contributed by atoms with E-state index in [2.05, 4.69) is 29.4 Å². The fraction of sp³-hybridized carbons (Fsp3) is 0.238. The molecule has 0 saturated carbocycles. The number of aromatic nitrogens is 1. The molecular formula is C21H19N3O2S2. The molecule has 142 valence electrons. The molecule has 0 radical (unpaired) electrons. The number of para-hydroxylation sites is 1. The van der Waals surface area contributed by atoms with Gasteiger partial charge in [-0.25, -0.2) is 4.98 Å². The van der Waals surface area contributed by atoms with Crippen molar-refractivity contribution in [2.45, 2.75) is 4.90 Å². The number of amides is 1. The standard InChI is InChI=1S/C21H19N3O2S2/c1-27-15-6-7-16-19(13-15)28-21(22-16)24-10-8-23(9-11-24)20(25)18-12-14-4-2-3-5-17(14)26-18/h2-7,12-13H,8-11H2,1H3. The third kappa shape index (κ3) is 3.14. The number of fused-ring (bicyclic) bond motifs is 2. The van der Waals surface area contributed by atoms with Crippen molar-refractivity contribution in [1.29, 1.82) is 0 Å². The molecule has 5 nitrogen and oxygen atoms in total. The maximum Gasteiger partial charge on any atom is 0.289 e. The number of anilines is 1. The number of thioether (sulfide) groups is 1. The summed E-state index contributed by atoms with van der Waals surface area (Å²) in [7, 11) is 0. The van der Waals surface area contributed by atoms with Crippen LogP contribution in [-0.2, 0) is 0 Å². The minimum Gasteiger partial charge on any atom is -0.451 e. The van der Waals surface area contributed by atoms with E-state index >= 15 is 0 Å². The van der Waals surface area contributed by atoms with Crippen LogP contribution in [-0.4, -0.2) is 48.2 Å². The van der Waals surface area contributed by atoms with Gasteiger partial charge in [0, 0.05) is 36.5 Å². The van der Waals surface area contributed by atoms with Crippen LogP contribution in [0.4, 0.5) is 5.13 Å². The maximum atomic E-state index is 12.8. The Morgan fingerprint density at radius 2 is 1.93 bits per heavy atom. The first-order valence-corrected chi connectivity index (χ1v) is 11.2. The van der Waals surface area contributed by atoms with Crippen LogP contribution in [0, 0.1) is 0 Å². The molecule has 1 aliphatic rings. The predicted octanol–water partition coefficient (Wildman–Crippen LogP) is 4.73. The average molecular weight is 410 g/mol. The van der Waals surface area contributed by atoms with Crippen molar-refractivity contribution < 1.29 is 9.21 Å². The van der Waals surface area contributed by atoms with Crippen molar-refractivity contribution in [3.8, 4) is 0 Å². The molecular weight excluding hydrogens is 390 g/mol. The van der Waals surface area contributed by atoms with Gasteiger partial charge in [-0.3, -0.25) is 4.79 Å². The number of carbonyl (C=O) groups excluding carboxylic acids is 1. The van der Waals surface area contributed by atoms with E-state index in [4.69, 9.17) is 9.40 Å². The van der Waals surface area contributed by atoms with E-state index in [1.54, 1.807) is 23.1 Å². The largest absolute Gasteiger partial charge is 0.451 e. The zero-order chi connectivity index (χ0) is 19.1. The molecule has 3 heterocycles. The second kappa shape index (κ2) is 7.14. The van der Waals surface area contributed by atoms with E-state index in [0.717, 1.165) is 34.7 Å². The number of thiazole rings is 1. The molecule has 1 fully saturated rings. The second-order valence-electron chi connectivity index (χ2n) is 6.76. The first-order chi connectivity index (χ1) is 13.7. The predicted molar refractivity (Wildman–Crippen MR) is 116 cm³/mol. The van der Waals surface area contributed by atoms with Gasteiger partial charge in [0.2, 0.25) is 0 Å². The monoisotopic (exact) mass is 409 g/mol. The van der Waals surface area contributed by atoms with Crippen molar-refractivity contribution in [3.63, 3.8) is 0 Å². The summed E-state index contributed by atoms with van der Waals surface area (Å²) < 4.78 is 6.95. The number of nitrogens with zero attached hydrogens (tertiary/aromatic N) is 3. The van der Waals surface area contributed by atoms with E-state index in [-0.39, 0.29) is 5.91 Å². The van der Waals surface area contributed by atoms with Gasteiger partial charge < -0.3 is 14.2 Å². The van der Waals surface area contributed by atoms with Crippen LogP contribution in [0.25, 0.3) is 21.2 Å². The molecule has 2 aromatic carbocycles. The Kier molecular flexibility index (Phi) is 4.49. The van der Waals surface area contributed by atoms with Gasteiger partial charge in [0.15, 0.2) is 10.9 Å². The second-order valence-corrected chi connectivity index (χ2v) is 8.65. The molecule has 2 aromatic heterocycles. The van der Waals surface area contributed by atoms with Crippen LogP contribution < -0.4 is 4.90 Å². The van der Waals surface area contributed by atoms with Crippen LogP contribution in [0.5, 0.6) is 0 Å². The maximum absolute atomic E-state index is 12.8. The molecule has 0 unspecified atom stereocenters. The number of rotatable bonds is 3. The number of piperazine rings is 1. The van der Waals surface area contributed by atoms with Crippen molar-refractivity contribution >= 4 is 55.3 Å². The Bertz CT molecular complexity index is 1130. The van der Waals surface area contributed by atoms with E-state index in [9.17, 15) is 4.79 Å². The zero-order valence-electron chi connectivity index (χ0n) is 15.4. The SMILES string of the molecule is CSc1ccc2nc(N3CCN(C(=O)c4cc5ccccc5o4)CC3)sc2c1. The number of benzene rings is 2. The van der Waals surface area contributed by atoms with Gasteiger partial charge in [-0.15, -0.1) is 11.8 Å². The minimum absolute atomic E-state index is 0.0373. The Morgan fingerprint density at radius 3 is 2.71 bits per heavy atom. The molecule has 28 heavy (non-hydrogen) atoms. The Hall–Kier alpha value is -2.51. The first-order valence-electron chi connectivity index (χ1n) is 9.19. The summed E-state index contributed by atoms with van der Waals surface area (Å²) in [5, 5.41) is 1.99. The highest BCUT2D eigenvalue weighted by molar-refractivity contribution is 7.98. The van der Waals surface area contributed by atoms with Crippen LogP contribution >= 0.6 is 23.1 Å². The van der Waals surface area contributed by atoms with E-state index in [1.807, 2.05) is 35.2 Å². The molecule has 7 heteroatoms. The van der Waals surface area contributed by atoms with Gasteiger partial charge in [-0.2, -0.15) is 0 Å². The van der Waals surface area contributed by atoms with Gasteiger partial charge in [-0.05, 0) is 36.6 Å². The minimum atomic E-state index is -0.0373. The Labute approximate surface area is 170 Å². The van der Waals surface area contributed by atoms with Crippen LogP contribution in [0.2, 0.25) is 0 Å². The Balaban J connectivity index is 1.30. The third-order valence-electron chi connectivity index (χ3n) is 5.06. The topological polar surface area (TPSA) is 49.6 Å². The average Bonchev–Trinajstić information content (AvgIpc) is 3.36. The van der Waals surface area contributed by atoms with E-state index in [1.165, 1.54) is 9.60 Å². The highest BCUT2D eigenvalue weighted by Gasteiger charge is 2.26. The van der Waals surface area contributed by atoms with Crippen molar-refractivity contribution in [2.24, 2.45) is 0 Å². The molecule has 1 saturated heterocycles. The lowest BCUT2D eigenvalue weighted by Crippen LogP contribution is -2.48. The summed E-state index contributed by atoms with van der Waals surface area (Å²) in [5.41, 5.74) is 1.79. The quantitative estimate of drug-likeness (QED) is 0.458. The summed E-state index contributed by atoms with van der Waals surface area (Å²) in [6, 6.07) is 15.9. The van der Waals surface area contributed by atoms with Crippen LogP contribution in [0.15, 0.2) is 57.8 Å². The molecule has 0 N–H and O–H groups in total.